The molecule has 1 N–H and O–H groups in total. The van der Waals surface area contributed by atoms with Gasteiger partial charge in [0.2, 0.25) is 0 Å². The molecule has 1 aromatic rings. The number of carbonyl (C=O) groups excluding carboxylic acids is 1. The van der Waals surface area contributed by atoms with Gasteiger partial charge in [0.25, 0.3) is 0 Å². The van der Waals surface area contributed by atoms with Crippen molar-refractivity contribution in [2.75, 3.05) is 37.6 Å². The molecule has 0 aliphatic carbocycles. The van der Waals surface area contributed by atoms with E-state index in [1.807, 2.05) is 20.8 Å². The highest BCUT2D eigenvalue weighted by Gasteiger charge is 2.29. The Hall–Kier alpha value is -1.73. The Labute approximate surface area is 137 Å². The van der Waals surface area contributed by atoms with E-state index in [0.717, 1.165) is 44.1 Å². The fourth-order valence-corrected chi connectivity index (χ4v) is 2.77. The van der Waals surface area contributed by atoms with E-state index >= 15 is 0 Å². The molecule has 23 heavy (non-hydrogen) atoms. The van der Waals surface area contributed by atoms with Crippen LogP contribution in [0.25, 0.3) is 0 Å². The van der Waals surface area contributed by atoms with Gasteiger partial charge >= 0.3 is 5.97 Å². The summed E-state index contributed by atoms with van der Waals surface area (Å²) in [6, 6.07) is 0. The van der Waals surface area contributed by atoms with Crippen LogP contribution < -0.4 is 10.2 Å². The third kappa shape index (κ3) is 3.61. The number of anilines is 1. The minimum absolute atomic E-state index is 0.186. The number of hydrogen-bond acceptors (Lipinski definition) is 7. The lowest BCUT2D eigenvalue weighted by Gasteiger charge is -2.36. The van der Waals surface area contributed by atoms with E-state index in [-0.39, 0.29) is 5.97 Å². The van der Waals surface area contributed by atoms with Gasteiger partial charge < -0.3 is 15.1 Å². The predicted octanol–water partition coefficient (Wildman–Crippen LogP) is 0.749. The number of fused-ring (bicyclic) bond motifs is 1. The van der Waals surface area contributed by atoms with Crippen LogP contribution in [0.4, 0.5) is 5.82 Å². The van der Waals surface area contributed by atoms with Crippen molar-refractivity contribution in [2.45, 2.75) is 33.7 Å². The maximum Gasteiger partial charge on any atom is 0.330 e. The normalized spacial score (nSPS) is 19.3. The van der Waals surface area contributed by atoms with E-state index in [0.29, 0.717) is 13.1 Å². The SMILES string of the molecule is CC(C)(C)C(=O)ON1CCN(c2ncnc3c2CNCC3)CC1. The molecule has 0 spiro atoms. The Morgan fingerprint density at radius 3 is 2.65 bits per heavy atom. The second-order valence-electron chi connectivity index (χ2n) is 7.09. The van der Waals surface area contributed by atoms with Gasteiger partial charge in [0.1, 0.15) is 12.1 Å². The first-order chi connectivity index (χ1) is 10.9. The van der Waals surface area contributed by atoms with E-state index in [1.54, 1.807) is 11.4 Å². The number of rotatable bonds is 2. The quantitative estimate of drug-likeness (QED) is 0.862. The van der Waals surface area contributed by atoms with Gasteiger partial charge in [-0.1, -0.05) is 0 Å². The van der Waals surface area contributed by atoms with Crippen molar-refractivity contribution in [3.05, 3.63) is 17.6 Å². The maximum absolute atomic E-state index is 12.0. The highest BCUT2D eigenvalue weighted by molar-refractivity contribution is 5.75. The molecule has 1 aromatic heterocycles. The van der Waals surface area contributed by atoms with Crippen molar-refractivity contribution < 1.29 is 9.63 Å². The van der Waals surface area contributed by atoms with E-state index in [1.165, 1.54) is 5.56 Å². The molecule has 7 nitrogen and oxygen atoms in total. The van der Waals surface area contributed by atoms with Crippen molar-refractivity contribution in [1.29, 1.82) is 0 Å². The molecule has 0 atom stereocenters. The largest absolute Gasteiger partial charge is 0.367 e. The van der Waals surface area contributed by atoms with Crippen LogP contribution in [-0.2, 0) is 22.6 Å². The Balaban J connectivity index is 1.63. The third-order valence-corrected chi connectivity index (χ3v) is 4.21. The van der Waals surface area contributed by atoms with E-state index in [2.05, 4.69) is 20.2 Å². The summed E-state index contributed by atoms with van der Waals surface area (Å²) in [5, 5.41) is 5.15. The summed E-state index contributed by atoms with van der Waals surface area (Å²) < 4.78 is 0. The van der Waals surface area contributed by atoms with Gasteiger partial charge in [0.05, 0.1) is 24.2 Å². The molecule has 2 aliphatic heterocycles. The fraction of sp³-hybridized carbons (Fsp3) is 0.688. The molecule has 126 valence electrons. The number of piperazine rings is 1. The third-order valence-electron chi connectivity index (χ3n) is 4.21. The summed E-state index contributed by atoms with van der Waals surface area (Å²) in [6.45, 7) is 10.4. The number of hydrogen-bond donors (Lipinski definition) is 1. The van der Waals surface area contributed by atoms with Gasteiger partial charge in [-0.3, -0.25) is 0 Å². The average Bonchev–Trinajstić information content (AvgIpc) is 2.54. The summed E-state index contributed by atoms with van der Waals surface area (Å²) >= 11 is 0. The van der Waals surface area contributed by atoms with Crippen molar-refractivity contribution in [3.8, 4) is 0 Å². The Morgan fingerprint density at radius 2 is 1.96 bits per heavy atom. The van der Waals surface area contributed by atoms with Crippen LogP contribution in [0.2, 0.25) is 0 Å². The topological polar surface area (TPSA) is 70.6 Å². The van der Waals surface area contributed by atoms with E-state index in [4.69, 9.17) is 4.84 Å². The molecule has 7 heteroatoms. The lowest BCUT2D eigenvalue weighted by Crippen LogP contribution is -2.48. The highest BCUT2D eigenvalue weighted by atomic mass is 16.7. The van der Waals surface area contributed by atoms with Gasteiger partial charge in [-0.15, -0.1) is 5.06 Å². The minimum Gasteiger partial charge on any atom is -0.367 e. The molecular formula is C16H25N5O2. The average molecular weight is 319 g/mol. The fourth-order valence-electron chi connectivity index (χ4n) is 2.77. The maximum atomic E-state index is 12.0. The van der Waals surface area contributed by atoms with Crippen LogP contribution in [0, 0.1) is 5.41 Å². The molecule has 3 rings (SSSR count). The zero-order valence-corrected chi connectivity index (χ0v) is 14.1. The smallest absolute Gasteiger partial charge is 0.330 e. The number of aromatic nitrogens is 2. The number of nitrogens with zero attached hydrogens (tertiary/aromatic N) is 4. The molecule has 1 saturated heterocycles. The molecule has 0 radical (unpaired) electrons. The van der Waals surface area contributed by atoms with Crippen LogP contribution >= 0.6 is 0 Å². The predicted molar refractivity (Wildman–Crippen MR) is 86.8 cm³/mol. The first kappa shape index (κ1) is 16.1. The number of nitrogens with one attached hydrogen (secondary N) is 1. The summed E-state index contributed by atoms with van der Waals surface area (Å²) in [4.78, 5) is 28.6. The van der Waals surface area contributed by atoms with E-state index in [9.17, 15) is 4.79 Å². The molecule has 0 aromatic carbocycles. The van der Waals surface area contributed by atoms with Gasteiger partial charge in [-0.2, -0.15) is 0 Å². The summed E-state index contributed by atoms with van der Waals surface area (Å²) in [5.41, 5.74) is 1.88. The summed E-state index contributed by atoms with van der Waals surface area (Å²) in [6.07, 6.45) is 2.61. The van der Waals surface area contributed by atoms with Gasteiger partial charge in [0.15, 0.2) is 0 Å². The van der Waals surface area contributed by atoms with Crippen LogP contribution in [0.1, 0.15) is 32.0 Å². The molecule has 0 saturated carbocycles. The minimum atomic E-state index is -0.478. The Bertz CT molecular complexity index is 576. The first-order valence-corrected chi connectivity index (χ1v) is 8.21. The van der Waals surface area contributed by atoms with Gasteiger partial charge in [0, 0.05) is 38.2 Å². The van der Waals surface area contributed by atoms with Crippen LogP contribution in [-0.4, -0.2) is 53.7 Å². The highest BCUT2D eigenvalue weighted by Crippen LogP contribution is 2.24. The van der Waals surface area contributed by atoms with E-state index < -0.39 is 5.41 Å². The monoisotopic (exact) mass is 319 g/mol. The lowest BCUT2D eigenvalue weighted by atomic mass is 9.98. The van der Waals surface area contributed by atoms with Crippen molar-refractivity contribution >= 4 is 11.8 Å². The second kappa shape index (κ2) is 6.41. The Morgan fingerprint density at radius 1 is 1.22 bits per heavy atom. The Kier molecular flexibility index (Phi) is 4.50. The van der Waals surface area contributed by atoms with Crippen LogP contribution in [0.5, 0.6) is 0 Å². The van der Waals surface area contributed by atoms with Crippen LogP contribution in [0.15, 0.2) is 6.33 Å². The van der Waals surface area contributed by atoms with Crippen LogP contribution in [0.3, 0.4) is 0 Å². The molecule has 0 amide bonds. The van der Waals surface area contributed by atoms with Gasteiger partial charge in [-0.05, 0) is 20.8 Å². The standard InChI is InChI=1S/C16H25N5O2/c1-16(2,3)15(22)23-21-8-6-20(7-9-21)14-12-10-17-5-4-13(12)18-11-19-14/h11,17H,4-10H2,1-3H3. The second-order valence-corrected chi connectivity index (χ2v) is 7.09. The number of carbonyl (C=O) groups is 1. The summed E-state index contributed by atoms with van der Waals surface area (Å²) in [5.74, 6) is 0.832. The molecule has 1 fully saturated rings. The van der Waals surface area contributed by atoms with Gasteiger partial charge in [-0.25, -0.2) is 14.8 Å². The molecule has 2 aliphatic rings. The first-order valence-electron chi connectivity index (χ1n) is 8.21. The molecule has 0 unspecified atom stereocenters. The molecular weight excluding hydrogens is 294 g/mol. The zero-order valence-electron chi connectivity index (χ0n) is 14.1. The molecule has 0 bridgehead atoms. The zero-order chi connectivity index (χ0) is 16.4. The molecule has 3 heterocycles. The van der Waals surface area contributed by atoms with Crippen molar-refractivity contribution in [1.82, 2.24) is 20.3 Å². The summed E-state index contributed by atoms with van der Waals surface area (Å²) in [7, 11) is 0. The number of hydroxylamine groups is 2. The van der Waals surface area contributed by atoms with Crippen molar-refractivity contribution in [3.63, 3.8) is 0 Å². The lowest BCUT2D eigenvalue weighted by molar-refractivity contribution is -0.201. The van der Waals surface area contributed by atoms with Crippen molar-refractivity contribution in [2.24, 2.45) is 5.41 Å².